The van der Waals surface area contributed by atoms with Gasteiger partial charge >= 0.3 is 18.0 Å². The Hall–Kier alpha value is -2.28. The van der Waals surface area contributed by atoms with Gasteiger partial charge in [-0.2, -0.15) is 0 Å². The number of ether oxygens (including phenoxy) is 1. The molecule has 0 aromatic heterocycles. The maximum atomic E-state index is 12.0. The molecule has 0 aliphatic rings. The highest BCUT2D eigenvalue weighted by Gasteiger charge is 2.21. The maximum absolute atomic E-state index is 12.0. The van der Waals surface area contributed by atoms with Crippen molar-refractivity contribution in [2.75, 3.05) is 12.4 Å². The predicted octanol–water partition coefficient (Wildman–Crippen LogP) is 2.89. The lowest BCUT2D eigenvalue weighted by Gasteiger charge is -2.25. The Morgan fingerprint density at radius 2 is 1.96 bits per heavy atom. The summed E-state index contributed by atoms with van der Waals surface area (Å²) in [5, 5.41) is 14.1. The number of rotatable bonds is 6. The number of esters is 1. The molecule has 0 radical (unpaired) electrons. The van der Waals surface area contributed by atoms with E-state index in [4.69, 9.17) is 16.7 Å². The number of amides is 2. The molecule has 126 valence electrons. The van der Waals surface area contributed by atoms with Crippen LogP contribution < -0.4 is 10.6 Å². The van der Waals surface area contributed by atoms with Gasteiger partial charge in [-0.05, 0) is 38.5 Å². The summed E-state index contributed by atoms with van der Waals surface area (Å²) < 4.78 is 4.58. The molecule has 8 heteroatoms. The van der Waals surface area contributed by atoms with Crippen LogP contribution in [0.3, 0.4) is 0 Å². The fraction of sp³-hybridized carbons (Fsp3) is 0.400. The first-order chi connectivity index (χ1) is 10.6. The van der Waals surface area contributed by atoms with Crippen LogP contribution in [0.15, 0.2) is 18.2 Å². The van der Waals surface area contributed by atoms with Crippen LogP contribution in [-0.2, 0) is 9.53 Å². The van der Waals surface area contributed by atoms with Crippen molar-refractivity contribution in [1.82, 2.24) is 5.32 Å². The van der Waals surface area contributed by atoms with Crippen LogP contribution in [0.1, 0.15) is 37.0 Å². The van der Waals surface area contributed by atoms with Crippen LogP contribution in [0.25, 0.3) is 0 Å². The lowest BCUT2D eigenvalue weighted by molar-refractivity contribution is -0.137. The number of methoxy groups -OCH3 is 1. The zero-order valence-electron chi connectivity index (χ0n) is 13.1. The highest BCUT2D eigenvalue weighted by Crippen LogP contribution is 2.22. The highest BCUT2D eigenvalue weighted by molar-refractivity contribution is 6.33. The van der Waals surface area contributed by atoms with Gasteiger partial charge in [0.1, 0.15) is 0 Å². The molecule has 0 saturated carbocycles. The van der Waals surface area contributed by atoms with E-state index in [1.165, 1.54) is 25.3 Å². The normalized spacial score (nSPS) is 10.8. The van der Waals surface area contributed by atoms with Gasteiger partial charge in [0.25, 0.3) is 0 Å². The summed E-state index contributed by atoms with van der Waals surface area (Å²) in [6.45, 7) is 3.45. The molecule has 0 saturated heterocycles. The first-order valence-electron chi connectivity index (χ1n) is 6.83. The van der Waals surface area contributed by atoms with Crippen LogP contribution >= 0.6 is 11.6 Å². The minimum absolute atomic E-state index is 0.0487. The van der Waals surface area contributed by atoms with Gasteiger partial charge in [-0.15, -0.1) is 0 Å². The van der Waals surface area contributed by atoms with Gasteiger partial charge in [-0.25, -0.2) is 9.59 Å². The largest absolute Gasteiger partial charge is 0.481 e. The fourth-order valence-electron chi connectivity index (χ4n) is 1.82. The summed E-state index contributed by atoms with van der Waals surface area (Å²) in [5.41, 5.74) is -0.0887. The third-order valence-electron chi connectivity index (χ3n) is 3.05. The fourth-order valence-corrected chi connectivity index (χ4v) is 2.08. The van der Waals surface area contributed by atoms with Crippen molar-refractivity contribution in [3.05, 3.63) is 28.8 Å². The molecule has 1 aromatic rings. The molecule has 1 aromatic carbocycles. The van der Waals surface area contributed by atoms with Crippen molar-refractivity contribution in [2.45, 2.75) is 32.2 Å². The maximum Gasteiger partial charge on any atom is 0.339 e. The van der Waals surface area contributed by atoms with Gasteiger partial charge in [0.15, 0.2) is 0 Å². The van der Waals surface area contributed by atoms with Crippen LogP contribution in [0, 0.1) is 0 Å². The monoisotopic (exact) mass is 342 g/mol. The first-order valence-corrected chi connectivity index (χ1v) is 7.21. The van der Waals surface area contributed by atoms with Crippen LogP contribution in [-0.4, -0.2) is 35.7 Å². The van der Waals surface area contributed by atoms with E-state index < -0.39 is 23.5 Å². The average Bonchev–Trinajstić information content (AvgIpc) is 2.44. The number of aliphatic carboxylic acids is 1. The molecular formula is C15H19ClN2O5. The molecule has 0 unspecified atom stereocenters. The molecule has 0 aliphatic carbocycles. The number of carboxylic acid groups (broad SMARTS) is 1. The molecule has 7 nitrogen and oxygen atoms in total. The molecule has 0 atom stereocenters. The van der Waals surface area contributed by atoms with Gasteiger partial charge in [-0.1, -0.05) is 11.6 Å². The molecule has 2 amide bonds. The summed E-state index contributed by atoms with van der Waals surface area (Å²) in [5.74, 6) is -1.49. The lowest BCUT2D eigenvalue weighted by Crippen LogP contribution is -2.45. The van der Waals surface area contributed by atoms with E-state index in [2.05, 4.69) is 15.4 Å². The molecule has 0 fully saturated rings. The second-order valence-electron chi connectivity index (χ2n) is 5.54. The van der Waals surface area contributed by atoms with E-state index in [0.717, 1.165) is 0 Å². The highest BCUT2D eigenvalue weighted by atomic mass is 35.5. The summed E-state index contributed by atoms with van der Waals surface area (Å²) in [4.78, 5) is 34.0. The van der Waals surface area contributed by atoms with Crippen LogP contribution in [0.2, 0.25) is 5.02 Å². The molecule has 1 rings (SSSR count). The predicted molar refractivity (Wildman–Crippen MR) is 85.9 cm³/mol. The van der Waals surface area contributed by atoms with Crippen molar-refractivity contribution < 1.29 is 24.2 Å². The van der Waals surface area contributed by atoms with E-state index in [0.29, 0.717) is 5.69 Å². The standard InChI is InChI=1S/C15H19ClN2O5/c1-15(2,7-6-12(19)20)18-14(22)17-9-4-5-10(11(16)8-9)13(21)23-3/h4-5,8H,6-7H2,1-3H3,(H,19,20)(H2,17,18,22). The van der Waals surface area contributed by atoms with Crippen molar-refractivity contribution in [1.29, 1.82) is 0 Å². The van der Waals surface area contributed by atoms with Gasteiger partial charge in [0, 0.05) is 17.6 Å². The smallest absolute Gasteiger partial charge is 0.339 e. The Kier molecular flexibility index (Phi) is 6.38. The Morgan fingerprint density at radius 3 is 2.48 bits per heavy atom. The summed E-state index contributed by atoms with van der Waals surface area (Å²) in [6, 6.07) is 3.89. The number of anilines is 1. The van der Waals surface area contributed by atoms with Crippen molar-refractivity contribution in [3.8, 4) is 0 Å². The number of halogens is 1. The van der Waals surface area contributed by atoms with E-state index >= 15 is 0 Å². The van der Waals surface area contributed by atoms with Crippen molar-refractivity contribution in [3.63, 3.8) is 0 Å². The number of hydrogen-bond acceptors (Lipinski definition) is 4. The summed E-state index contributed by atoms with van der Waals surface area (Å²) >= 11 is 5.97. The SMILES string of the molecule is COC(=O)c1ccc(NC(=O)NC(C)(C)CCC(=O)O)cc1Cl. The number of benzene rings is 1. The molecule has 23 heavy (non-hydrogen) atoms. The number of nitrogens with one attached hydrogen (secondary N) is 2. The second kappa shape index (κ2) is 7.82. The van der Waals surface area contributed by atoms with E-state index in [1.54, 1.807) is 13.8 Å². The number of hydrogen-bond donors (Lipinski definition) is 3. The molecule has 0 bridgehead atoms. The molecule has 0 spiro atoms. The number of urea groups is 1. The van der Waals surface area contributed by atoms with E-state index in [1.807, 2.05) is 0 Å². The topological polar surface area (TPSA) is 105 Å². The lowest BCUT2D eigenvalue weighted by atomic mass is 9.99. The molecule has 3 N–H and O–H groups in total. The first kappa shape index (κ1) is 18.8. The minimum Gasteiger partial charge on any atom is -0.481 e. The Bertz CT molecular complexity index is 616. The molecule has 0 aliphatic heterocycles. The van der Waals surface area contributed by atoms with Crippen molar-refractivity contribution in [2.24, 2.45) is 0 Å². The number of carbonyl (C=O) groups is 3. The van der Waals surface area contributed by atoms with Gasteiger partial charge in [0.05, 0.1) is 17.7 Å². The Labute approximate surface area is 139 Å². The number of carbonyl (C=O) groups excluding carboxylic acids is 2. The summed E-state index contributed by atoms with van der Waals surface area (Å²) in [7, 11) is 1.25. The number of carboxylic acids is 1. The van der Waals surface area contributed by atoms with E-state index in [-0.39, 0.29) is 23.4 Å². The van der Waals surface area contributed by atoms with Crippen LogP contribution in [0.4, 0.5) is 10.5 Å². The van der Waals surface area contributed by atoms with Gasteiger partial charge in [-0.3, -0.25) is 4.79 Å². The minimum atomic E-state index is -0.925. The summed E-state index contributed by atoms with van der Waals surface area (Å²) in [6.07, 6.45) is 0.241. The second-order valence-corrected chi connectivity index (χ2v) is 5.95. The molecule has 0 heterocycles. The third kappa shape index (κ3) is 6.15. The zero-order chi connectivity index (χ0) is 17.6. The van der Waals surface area contributed by atoms with Crippen molar-refractivity contribution >= 4 is 35.3 Å². The van der Waals surface area contributed by atoms with E-state index in [9.17, 15) is 14.4 Å². The van der Waals surface area contributed by atoms with Gasteiger partial charge < -0.3 is 20.5 Å². The average molecular weight is 343 g/mol. The quantitative estimate of drug-likeness (QED) is 0.689. The zero-order valence-corrected chi connectivity index (χ0v) is 13.9. The van der Waals surface area contributed by atoms with Gasteiger partial charge in [0.2, 0.25) is 0 Å². The Morgan fingerprint density at radius 1 is 1.30 bits per heavy atom. The molecular weight excluding hydrogens is 324 g/mol. The van der Waals surface area contributed by atoms with Crippen LogP contribution in [0.5, 0.6) is 0 Å². The Balaban J connectivity index is 2.69. The third-order valence-corrected chi connectivity index (χ3v) is 3.36.